The highest BCUT2D eigenvalue weighted by atomic mass is 32.1. The summed E-state index contributed by atoms with van der Waals surface area (Å²) < 4.78 is 5.99. The Morgan fingerprint density at radius 1 is 1.07 bits per heavy atom. The molecule has 138 valence electrons. The van der Waals surface area contributed by atoms with Crippen LogP contribution in [0.3, 0.4) is 0 Å². The molecule has 0 aliphatic carbocycles. The fourth-order valence-electron chi connectivity index (χ4n) is 3.15. The van der Waals surface area contributed by atoms with Gasteiger partial charge >= 0.3 is 0 Å². The third kappa shape index (κ3) is 3.66. The van der Waals surface area contributed by atoms with Crippen LogP contribution in [0.2, 0.25) is 0 Å². The summed E-state index contributed by atoms with van der Waals surface area (Å²) in [6.45, 7) is 6.92. The van der Waals surface area contributed by atoms with Gasteiger partial charge in [-0.25, -0.2) is 9.97 Å². The SMILES string of the molecule is Cc1csc(C(C)N(C)Cc2nc(-c3ccc4ccccc4c3)oc2C)n1. The minimum Gasteiger partial charge on any atom is -0.441 e. The number of fused-ring (bicyclic) bond motifs is 1. The van der Waals surface area contributed by atoms with Crippen LogP contribution in [-0.2, 0) is 6.54 Å². The van der Waals surface area contributed by atoms with Gasteiger partial charge in [0.2, 0.25) is 5.89 Å². The van der Waals surface area contributed by atoms with E-state index in [0.717, 1.165) is 34.3 Å². The minimum atomic E-state index is 0.240. The van der Waals surface area contributed by atoms with E-state index in [1.54, 1.807) is 11.3 Å². The van der Waals surface area contributed by atoms with Gasteiger partial charge in [0.05, 0.1) is 11.7 Å². The first-order chi connectivity index (χ1) is 13.0. The Kier molecular flexibility index (Phi) is 4.81. The minimum absolute atomic E-state index is 0.240. The van der Waals surface area contributed by atoms with E-state index >= 15 is 0 Å². The van der Waals surface area contributed by atoms with Crippen molar-refractivity contribution >= 4 is 22.1 Å². The number of benzene rings is 2. The van der Waals surface area contributed by atoms with Crippen molar-refractivity contribution in [2.75, 3.05) is 7.05 Å². The Morgan fingerprint density at radius 3 is 2.59 bits per heavy atom. The third-order valence-electron chi connectivity index (χ3n) is 4.94. The number of aromatic nitrogens is 2. The maximum atomic E-state index is 5.99. The third-order valence-corrected chi connectivity index (χ3v) is 6.08. The zero-order chi connectivity index (χ0) is 19.0. The lowest BCUT2D eigenvalue weighted by Crippen LogP contribution is -2.22. The zero-order valence-electron chi connectivity index (χ0n) is 16.1. The molecule has 1 atom stereocenters. The van der Waals surface area contributed by atoms with Gasteiger partial charge < -0.3 is 4.42 Å². The second-order valence-corrected chi connectivity index (χ2v) is 7.89. The Balaban J connectivity index is 1.57. The number of hydrogen-bond acceptors (Lipinski definition) is 5. The molecular formula is C22H23N3OS. The highest BCUT2D eigenvalue weighted by Gasteiger charge is 2.19. The monoisotopic (exact) mass is 377 g/mol. The van der Waals surface area contributed by atoms with Crippen LogP contribution >= 0.6 is 11.3 Å². The summed E-state index contributed by atoms with van der Waals surface area (Å²) in [6.07, 6.45) is 0. The van der Waals surface area contributed by atoms with E-state index in [2.05, 4.69) is 71.7 Å². The molecule has 0 saturated carbocycles. The standard InChI is InChI=1S/C22H23N3OS/c1-14-13-27-22(23-14)15(2)25(4)12-20-16(3)26-21(24-20)19-10-9-17-7-5-6-8-18(17)11-19/h5-11,13,15H,12H2,1-4H3. The fraction of sp³-hybridized carbons (Fsp3) is 0.273. The number of hydrogen-bond donors (Lipinski definition) is 0. The van der Waals surface area contributed by atoms with Crippen LogP contribution in [0.5, 0.6) is 0 Å². The van der Waals surface area contributed by atoms with Crippen molar-refractivity contribution in [1.29, 1.82) is 0 Å². The molecule has 0 radical (unpaired) electrons. The molecule has 4 nitrogen and oxygen atoms in total. The predicted molar refractivity (Wildman–Crippen MR) is 111 cm³/mol. The van der Waals surface area contributed by atoms with Crippen molar-refractivity contribution in [1.82, 2.24) is 14.9 Å². The summed E-state index contributed by atoms with van der Waals surface area (Å²) in [6, 6.07) is 14.9. The second kappa shape index (κ2) is 7.25. The van der Waals surface area contributed by atoms with Crippen molar-refractivity contribution < 1.29 is 4.42 Å². The van der Waals surface area contributed by atoms with Crippen molar-refractivity contribution in [2.24, 2.45) is 0 Å². The fourth-order valence-corrected chi connectivity index (χ4v) is 4.06. The zero-order valence-corrected chi connectivity index (χ0v) is 16.9. The van der Waals surface area contributed by atoms with Gasteiger partial charge in [0, 0.05) is 23.2 Å². The van der Waals surface area contributed by atoms with Crippen LogP contribution in [0, 0.1) is 13.8 Å². The normalized spacial score (nSPS) is 12.8. The van der Waals surface area contributed by atoms with E-state index in [1.165, 1.54) is 10.8 Å². The summed E-state index contributed by atoms with van der Waals surface area (Å²) in [5.41, 5.74) is 3.06. The molecule has 0 amide bonds. The molecule has 1 unspecified atom stereocenters. The number of aryl methyl sites for hydroxylation is 2. The summed E-state index contributed by atoms with van der Waals surface area (Å²) in [4.78, 5) is 11.7. The second-order valence-electron chi connectivity index (χ2n) is 7.00. The quantitative estimate of drug-likeness (QED) is 0.443. The summed E-state index contributed by atoms with van der Waals surface area (Å²) in [7, 11) is 2.10. The summed E-state index contributed by atoms with van der Waals surface area (Å²) in [5.74, 6) is 1.55. The molecule has 0 spiro atoms. The average molecular weight is 378 g/mol. The molecule has 0 aliphatic heterocycles. The number of oxazole rings is 1. The van der Waals surface area contributed by atoms with Crippen LogP contribution in [0.15, 0.2) is 52.3 Å². The largest absolute Gasteiger partial charge is 0.441 e. The molecule has 2 heterocycles. The molecule has 0 aliphatic rings. The van der Waals surface area contributed by atoms with Crippen LogP contribution < -0.4 is 0 Å². The Bertz CT molecular complexity index is 1080. The van der Waals surface area contributed by atoms with Gasteiger partial charge in [-0.1, -0.05) is 30.3 Å². The lowest BCUT2D eigenvalue weighted by atomic mass is 10.1. The maximum absolute atomic E-state index is 5.99. The first-order valence-electron chi connectivity index (χ1n) is 9.09. The highest BCUT2D eigenvalue weighted by molar-refractivity contribution is 7.09. The van der Waals surface area contributed by atoms with E-state index < -0.39 is 0 Å². The number of rotatable bonds is 5. The van der Waals surface area contributed by atoms with Crippen molar-refractivity contribution in [3.05, 3.63) is 70.0 Å². The Morgan fingerprint density at radius 2 is 1.85 bits per heavy atom. The molecule has 0 fully saturated rings. The van der Waals surface area contributed by atoms with Crippen LogP contribution in [0.1, 0.15) is 35.1 Å². The topological polar surface area (TPSA) is 42.2 Å². The molecule has 2 aromatic carbocycles. The molecule has 4 rings (SSSR count). The van der Waals surface area contributed by atoms with Gasteiger partial charge in [-0.15, -0.1) is 11.3 Å². The lowest BCUT2D eigenvalue weighted by molar-refractivity contribution is 0.248. The van der Waals surface area contributed by atoms with Crippen LogP contribution in [0.25, 0.3) is 22.2 Å². The smallest absolute Gasteiger partial charge is 0.226 e. The first-order valence-corrected chi connectivity index (χ1v) is 9.97. The van der Waals surface area contributed by atoms with Gasteiger partial charge in [-0.3, -0.25) is 4.90 Å². The lowest BCUT2D eigenvalue weighted by Gasteiger charge is -2.21. The summed E-state index contributed by atoms with van der Waals surface area (Å²) in [5, 5.41) is 5.64. The molecular weight excluding hydrogens is 354 g/mol. The molecule has 0 bridgehead atoms. The van der Waals surface area contributed by atoms with E-state index in [-0.39, 0.29) is 6.04 Å². The Labute approximate surface area is 163 Å². The highest BCUT2D eigenvalue weighted by Crippen LogP contribution is 2.28. The maximum Gasteiger partial charge on any atom is 0.226 e. The molecule has 2 aromatic heterocycles. The van der Waals surface area contributed by atoms with Crippen LogP contribution in [0.4, 0.5) is 0 Å². The van der Waals surface area contributed by atoms with E-state index in [0.29, 0.717) is 5.89 Å². The molecule has 27 heavy (non-hydrogen) atoms. The molecule has 0 saturated heterocycles. The molecule has 5 heteroatoms. The van der Waals surface area contributed by atoms with Gasteiger partial charge in [0.25, 0.3) is 0 Å². The van der Waals surface area contributed by atoms with Crippen LogP contribution in [-0.4, -0.2) is 21.9 Å². The van der Waals surface area contributed by atoms with E-state index in [9.17, 15) is 0 Å². The predicted octanol–water partition coefficient (Wildman–Crippen LogP) is 5.76. The van der Waals surface area contributed by atoms with E-state index in [1.807, 2.05) is 13.8 Å². The first kappa shape index (κ1) is 17.9. The van der Waals surface area contributed by atoms with Gasteiger partial charge in [-0.2, -0.15) is 0 Å². The van der Waals surface area contributed by atoms with Gasteiger partial charge in [0.1, 0.15) is 10.8 Å². The molecule has 4 aromatic rings. The van der Waals surface area contributed by atoms with Crippen molar-refractivity contribution in [3.8, 4) is 11.5 Å². The number of nitrogens with zero attached hydrogens (tertiary/aromatic N) is 3. The average Bonchev–Trinajstić information content (AvgIpc) is 3.26. The van der Waals surface area contributed by atoms with E-state index in [4.69, 9.17) is 9.40 Å². The van der Waals surface area contributed by atoms with Gasteiger partial charge in [-0.05, 0) is 50.7 Å². The summed E-state index contributed by atoms with van der Waals surface area (Å²) >= 11 is 1.71. The molecule has 0 N–H and O–H groups in total. The van der Waals surface area contributed by atoms with Gasteiger partial charge in [0.15, 0.2) is 0 Å². The Hall–Kier alpha value is -2.50. The van der Waals surface area contributed by atoms with Crippen molar-refractivity contribution in [2.45, 2.75) is 33.4 Å². The van der Waals surface area contributed by atoms with Crippen molar-refractivity contribution in [3.63, 3.8) is 0 Å². The number of thiazole rings is 1.